The lowest BCUT2D eigenvalue weighted by atomic mass is 10.3. The Morgan fingerprint density at radius 2 is 2.14 bits per heavy atom. The van der Waals surface area contributed by atoms with E-state index in [1.165, 1.54) is 11.3 Å². The van der Waals surface area contributed by atoms with Gasteiger partial charge in [0.2, 0.25) is 10.0 Å². The lowest BCUT2D eigenvalue weighted by molar-refractivity contribution is 0.583. The van der Waals surface area contributed by atoms with Crippen molar-refractivity contribution in [3.05, 3.63) is 52.8 Å². The van der Waals surface area contributed by atoms with Crippen molar-refractivity contribution in [2.45, 2.75) is 31.0 Å². The normalized spacial score (nSPS) is 12.1. The van der Waals surface area contributed by atoms with E-state index in [0.29, 0.717) is 9.90 Å². The first kappa shape index (κ1) is 15.2. The van der Waals surface area contributed by atoms with Crippen LogP contribution < -0.4 is 4.72 Å². The Morgan fingerprint density at radius 3 is 2.86 bits per heavy atom. The molecule has 116 valence electrons. The number of fused-ring (bicyclic) bond motifs is 1. The number of aryl methyl sites for hydroxylation is 2. The van der Waals surface area contributed by atoms with E-state index in [2.05, 4.69) is 9.71 Å². The maximum Gasteiger partial charge on any atom is 0.250 e. The van der Waals surface area contributed by atoms with Crippen LogP contribution in [-0.2, 0) is 23.0 Å². The summed E-state index contributed by atoms with van der Waals surface area (Å²) >= 11 is 1.31. The second kappa shape index (κ2) is 5.83. The molecule has 0 aromatic carbocycles. The molecular formula is C15H17N3O2S2. The van der Waals surface area contributed by atoms with Gasteiger partial charge in [0.25, 0.3) is 0 Å². The zero-order valence-corrected chi connectivity index (χ0v) is 14.0. The topological polar surface area (TPSA) is 63.5 Å². The maximum absolute atomic E-state index is 12.3. The van der Waals surface area contributed by atoms with Gasteiger partial charge in [-0.3, -0.25) is 0 Å². The van der Waals surface area contributed by atoms with Gasteiger partial charge in [-0.1, -0.05) is 6.92 Å². The molecule has 0 amide bonds. The fourth-order valence-corrected chi connectivity index (χ4v) is 4.49. The average molecular weight is 335 g/mol. The zero-order valence-electron chi connectivity index (χ0n) is 12.4. The van der Waals surface area contributed by atoms with Gasteiger partial charge in [0.05, 0.1) is 12.2 Å². The van der Waals surface area contributed by atoms with Crippen molar-refractivity contribution in [2.75, 3.05) is 0 Å². The van der Waals surface area contributed by atoms with E-state index in [9.17, 15) is 8.42 Å². The Balaban J connectivity index is 1.77. The first-order valence-corrected chi connectivity index (χ1v) is 9.30. The maximum atomic E-state index is 12.3. The third kappa shape index (κ3) is 3.06. The molecule has 0 fully saturated rings. The smallest absolute Gasteiger partial charge is 0.250 e. The highest BCUT2D eigenvalue weighted by Gasteiger charge is 2.16. The summed E-state index contributed by atoms with van der Waals surface area (Å²) in [5.74, 6) is 0. The van der Waals surface area contributed by atoms with Gasteiger partial charge < -0.3 is 4.40 Å². The highest BCUT2D eigenvalue weighted by Crippen LogP contribution is 2.22. The van der Waals surface area contributed by atoms with Crippen LogP contribution in [-0.4, -0.2) is 17.8 Å². The van der Waals surface area contributed by atoms with Crippen molar-refractivity contribution in [3.63, 3.8) is 0 Å². The van der Waals surface area contributed by atoms with E-state index in [-0.39, 0.29) is 6.54 Å². The van der Waals surface area contributed by atoms with Gasteiger partial charge in [-0.2, -0.15) is 0 Å². The molecule has 0 bridgehead atoms. The first-order chi connectivity index (χ1) is 10.5. The largest absolute Gasteiger partial charge is 0.307 e. The monoisotopic (exact) mass is 335 g/mol. The zero-order chi connectivity index (χ0) is 15.7. The molecule has 0 saturated carbocycles. The van der Waals surface area contributed by atoms with Crippen LogP contribution in [0.3, 0.4) is 0 Å². The molecule has 5 nitrogen and oxygen atoms in total. The van der Waals surface area contributed by atoms with Gasteiger partial charge in [0.1, 0.15) is 9.86 Å². The molecule has 0 saturated heterocycles. The number of thiophene rings is 1. The van der Waals surface area contributed by atoms with Crippen LogP contribution in [0.25, 0.3) is 5.65 Å². The Labute approximate surface area is 133 Å². The molecule has 3 aromatic heterocycles. The molecule has 22 heavy (non-hydrogen) atoms. The summed E-state index contributed by atoms with van der Waals surface area (Å²) in [5, 5.41) is 0. The van der Waals surface area contributed by atoms with Crippen molar-refractivity contribution in [2.24, 2.45) is 0 Å². The van der Waals surface area contributed by atoms with E-state index >= 15 is 0 Å². The molecule has 0 aliphatic heterocycles. The van der Waals surface area contributed by atoms with Gasteiger partial charge in [0, 0.05) is 17.3 Å². The van der Waals surface area contributed by atoms with E-state index in [1.54, 1.807) is 6.07 Å². The molecule has 0 atom stereocenters. The van der Waals surface area contributed by atoms with Crippen molar-refractivity contribution < 1.29 is 8.42 Å². The van der Waals surface area contributed by atoms with Gasteiger partial charge >= 0.3 is 0 Å². The van der Waals surface area contributed by atoms with Crippen molar-refractivity contribution >= 4 is 27.0 Å². The predicted molar refractivity (Wildman–Crippen MR) is 87.7 cm³/mol. The molecule has 3 aromatic rings. The van der Waals surface area contributed by atoms with E-state index in [0.717, 1.165) is 22.5 Å². The summed E-state index contributed by atoms with van der Waals surface area (Å²) in [6.45, 7) is 4.19. The van der Waals surface area contributed by atoms with Crippen LogP contribution in [0.5, 0.6) is 0 Å². The Morgan fingerprint density at radius 1 is 1.32 bits per heavy atom. The summed E-state index contributed by atoms with van der Waals surface area (Å²) in [7, 11) is -3.47. The molecule has 0 radical (unpaired) electrons. The summed E-state index contributed by atoms with van der Waals surface area (Å²) in [5.41, 5.74) is 2.64. The lowest BCUT2D eigenvalue weighted by Crippen LogP contribution is -2.22. The van der Waals surface area contributed by atoms with Gasteiger partial charge in [-0.25, -0.2) is 18.1 Å². The standard InChI is InChI=1S/C15H17N3O2S2/c1-3-13-4-5-15(21-13)22(19,20)16-9-12-10-18-7-6-11(2)8-14(18)17-12/h4-8,10,16H,3,9H2,1-2H3. The molecule has 0 unspecified atom stereocenters. The Hall–Kier alpha value is -1.70. The number of hydrogen-bond donors (Lipinski definition) is 1. The van der Waals surface area contributed by atoms with Crippen molar-refractivity contribution in [1.82, 2.24) is 14.1 Å². The number of imidazole rings is 1. The molecule has 3 rings (SSSR count). The molecule has 0 aliphatic carbocycles. The van der Waals surface area contributed by atoms with Crippen LogP contribution >= 0.6 is 11.3 Å². The number of aromatic nitrogens is 2. The van der Waals surface area contributed by atoms with Crippen molar-refractivity contribution in [3.8, 4) is 0 Å². The van der Waals surface area contributed by atoms with Crippen LogP contribution in [0.2, 0.25) is 0 Å². The highest BCUT2D eigenvalue weighted by atomic mass is 32.2. The third-order valence-electron chi connectivity index (χ3n) is 3.36. The second-order valence-corrected chi connectivity index (χ2v) is 8.26. The summed E-state index contributed by atoms with van der Waals surface area (Å²) < 4.78 is 29.4. The van der Waals surface area contributed by atoms with E-state index < -0.39 is 10.0 Å². The molecule has 7 heteroatoms. The van der Waals surface area contributed by atoms with E-state index in [4.69, 9.17) is 0 Å². The minimum Gasteiger partial charge on any atom is -0.307 e. The van der Waals surface area contributed by atoms with Gasteiger partial charge in [-0.05, 0) is 43.2 Å². The average Bonchev–Trinajstić information content (AvgIpc) is 3.11. The first-order valence-electron chi connectivity index (χ1n) is 7.00. The van der Waals surface area contributed by atoms with Crippen molar-refractivity contribution in [1.29, 1.82) is 0 Å². The predicted octanol–water partition coefficient (Wildman–Crippen LogP) is 2.75. The Bertz CT molecular complexity index is 910. The minimum atomic E-state index is -3.47. The minimum absolute atomic E-state index is 0.183. The fourth-order valence-electron chi connectivity index (χ4n) is 2.15. The Kier molecular flexibility index (Phi) is 4.03. The van der Waals surface area contributed by atoms with Gasteiger partial charge in [0.15, 0.2) is 0 Å². The number of pyridine rings is 1. The van der Waals surface area contributed by atoms with Crippen LogP contribution in [0.4, 0.5) is 0 Å². The number of rotatable bonds is 5. The number of hydrogen-bond acceptors (Lipinski definition) is 4. The summed E-state index contributed by atoms with van der Waals surface area (Å²) in [6.07, 6.45) is 4.59. The summed E-state index contributed by atoms with van der Waals surface area (Å²) in [6, 6.07) is 7.46. The number of nitrogens with one attached hydrogen (secondary N) is 1. The number of nitrogens with zero attached hydrogens (tertiary/aromatic N) is 2. The SMILES string of the molecule is CCc1ccc(S(=O)(=O)NCc2cn3ccc(C)cc3n2)s1. The lowest BCUT2D eigenvalue weighted by Gasteiger charge is -2.02. The van der Waals surface area contributed by atoms with E-state index in [1.807, 2.05) is 48.8 Å². The van der Waals surface area contributed by atoms with Gasteiger partial charge in [-0.15, -0.1) is 11.3 Å². The van der Waals surface area contributed by atoms with Crippen LogP contribution in [0.15, 0.2) is 40.9 Å². The summed E-state index contributed by atoms with van der Waals surface area (Å²) in [4.78, 5) is 5.49. The molecule has 3 heterocycles. The molecule has 0 spiro atoms. The molecule has 0 aliphatic rings. The number of sulfonamides is 1. The highest BCUT2D eigenvalue weighted by molar-refractivity contribution is 7.91. The molecule has 1 N–H and O–H groups in total. The quantitative estimate of drug-likeness (QED) is 0.780. The third-order valence-corrected chi connectivity index (χ3v) is 6.48. The van der Waals surface area contributed by atoms with Crippen LogP contribution in [0, 0.1) is 6.92 Å². The second-order valence-electron chi connectivity index (χ2n) is 5.10. The van der Waals surface area contributed by atoms with Crippen LogP contribution in [0.1, 0.15) is 23.1 Å². The molecular weight excluding hydrogens is 318 g/mol. The fraction of sp³-hybridized carbons (Fsp3) is 0.267.